The topological polar surface area (TPSA) is 105 Å². The van der Waals surface area contributed by atoms with Gasteiger partial charge in [-0.2, -0.15) is 4.98 Å². The first kappa shape index (κ1) is 23.5. The molecule has 0 atom stereocenters. The molecule has 0 fully saturated rings. The van der Waals surface area contributed by atoms with Gasteiger partial charge in [0.2, 0.25) is 0 Å². The summed E-state index contributed by atoms with van der Waals surface area (Å²) in [6.07, 6.45) is 0. The highest BCUT2D eigenvalue weighted by molar-refractivity contribution is 7.93. The van der Waals surface area contributed by atoms with Gasteiger partial charge in [-0.05, 0) is 68.4 Å². The van der Waals surface area contributed by atoms with E-state index in [9.17, 15) is 13.2 Å². The van der Waals surface area contributed by atoms with Crippen LogP contribution in [0.5, 0.6) is 0 Å². The molecular formula is C24H21ClN4O4S. The Balaban J connectivity index is 1.58. The highest BCUT2D eigenvalue weighted by Gasteiger charge is 2.26. The number of para-hydroxylation sites is 1. The van der Waals surface area contributed by atoms with E-state index < -0.39 is 15.9 Å². The predicted molar refractivity (Wildman–Crippen MR) is 131 cm³/mol. The highest BCUT2D eigenvalue weighted by atomic mass is 35.5. The minimum Gasteiger partial charge on any atom is -0.334 e. The third-order valence-electron chi connectivity index (χ3n) is 5.01. The smallest absolute Gasteiger partial charge is 0.265 e. The molecule has 8 nitrogen and oxygen atoms in total. The van der Waals surface area contributed by atoms with Crippen LogP contribution in [0.1, 0.15) is 23.1 Å². The van der Waals surface area contributed by atoms with Gasteiger partial charge in [-0.15, -0.1) is 0 Å². The SMILES string of the molecule is CCN(c1ccccc1)S(=O)(=O)c1cc(NC(=O)c2ccc(-c3nc(C)no3)cc2)ccc1Cl. The van der Waals surface area contributed by atoms with E-state index >= 15 is 0 Å². The van der Waals surface area contributed by atoms with Crippen LogP contribution in [0.3, 0.4) is 0 Å². The number of rotatable bonds is 7. The molecule has 0 saturated heterocycles. The molecule has 1 heterocycles. The molecule has 0 aliphatic rings. The molecule has 4 aromatic rings. The van der Waals surface area contributed by atoms with Gasteiger partial charge < -0.3 is 9.84 Å². The molecule has 0 aliphatic carbocycles. The molecule has 0 spiro atoms. The van der Waals surface area contributed by atoms with Crippen LogP contribution in [-0.2, 0) is 10.0 Å². The number of aryl methyl sites for hydroxylation is 1. The number of amides is 1. The Morgan fingerprint density at radius 2 is 1.76 bits per heavy atom. The van der Waals surface area contributed by atoms with Crippen LogP contribution in [0.4, 0.5) is 11.4 Å². The Labute approximate surface area is 202 Å². The number of anilines is 2. The Kier molecular flexibility index (Phi) is 6.67. The molecule has 1 aromatic heterocycles. The second-order valence-corrected chi connectivity index (χ2v) is 9.57. The minimum atomic E-state index is -3.97. The summed E-state index contributed by atoms with van der Waals surface area (Å²) < 4.78 is 33.1. The third kappa shape index (κ3) is 4.80. The predicted octanol–water partition coefficient (Wildman–Crippen LogP) is 5.17. The molecule has 1 amide bonds. The number of benzene rings is 3. The van der Waals surface area contributed by atoms with Crippen molar-refractivity contribution in [3.63, 3.8) is 0 Å². The lowest BCUT2D eigenvalue weighted by Crippen LogP contribution is -2.31. The number of hydrogen-bond acceptors (Lipinski definition) is 6. The molecule has 0 radical (unpaired) electrons. The van der Waals surface area contributed by atoms with E-state index in [4.69, 9.17) is 16.1 Å². The van der Waals surface area contributed by atoms with E-state index in [1.807, 2.05) is 6.07 Å². The second kappa shape index (κ2) is 9.66. The lowest BCUT2D eigenvalue weighted by atomic mass is 10.1. The molecule has 34 heavy (non-hydrogen) atoms. The van der Waals surface area contributed by atoms with E-state index in [1.54, 1.807) is 68.4 Å². The zero-order chi connectivity index (χ0) is 24.3. The van der Waals surface area contributed by atoms with Crippen molar-refractivity contribution in [1.29, 1.82) is 0 Å². The summed E-state index contributed by atoms with van der Waals surface area (Å²) in [4.78, 5) is 16.8. The molecule has 174 valence electrons. The average molecular weight is 497 g/mol. The van der Waals surface area contributed by atoms with Crippen LogP contribution in [0.15, 0.2) is 82.2 Å². The van der Waals surface area contributed by atoms with Crippen molar-refractivity contribution in [3.8, 4) is 11.5 Å². The second-order valence-electron chi connectivity index (χ2n) is 7.33. The molecule has 4 rings (SSSR count). The normalized spacial score (nSPS) is 11.3. The van der Waals surface area contributed by atoms with Gasteiger partial charge in [0.05, 0.1) is 10.7 Å². The Morgan fingerprint density at radius 3 is 2.38 bits per heavy atom. The summed E-state index contributed by atoms with van der Waals surface area (Å²) in [7, 11) is -3.97. The summed E-state index contributed by atoms with van der Waals surface area (Å²) in [5.41, 5.74) is 1.87. The number of hydrogen-bond donors (Lipinski definition) is 1. The standard InChI is InChI=1S/C24H21ClN4O4S/c1-3-29(20-7-5-4-6-8-20)34(31,32)22-15-19(13-14-21(22)25)27-23(30)17-9-11-18(12-10-17)24-26-16(2)28-33-24/h4-15H,3H2,1-2H3,(H,27,30). The maximum Gasteiger partial charge on any atom is 0.265 e. The largest absolute Gasteiger partial charge is 0.334 e. The number of nitrogens with one attached hydrogen (secondary N) is 1. The fourth-order valence-corrected chi connectivity index (χ4v) is 5.34. The van der Waals surface area contributed by atoms with Crippen LogP contribution in [0, 0.1) is 6.92 Å². The van der Waals surface area contributed by atoms with Crippen LogP contribution in [0.2, 0.25) is 5.02 Å². The molecule has 1 N–H and O–H groups in total. The zero-order valence-corrected chi connectivity index (χ0v) is 20.0. The molecule has 10 heteroatoms. The fraction of sp³-hybridized carbons (Fsp3) is 0.125. The lowest BCUT2D eigenvalue weighted by molar-refractivity contribution is 0.102. The Bertz CT molecular complexity index is 1420. The number of halogens is 1. The van der Waals surface area contributed by atoms with Crippen molar-refractivity contribution in [2.24, 2.45) is 0 Å². The van der Waals surface area contributed by atoms with Gasteiger partial charge >= 0.3 is 0 Å². The number of aromatic nitrogens is 2. The summed E-state index contributed by atoms with van der Waals surface area (Å²) in [6.45, 7) is 3.67. The van der Waals surface area contributed by atoms with Crippen molar-refractivity contribution < 1.29 is 17.7 Å². The Morgan fingerprint density at radius 1 is 1.06 bits per heavy atom. The zero-order valence-electron chi connectivity index (χ0n) is 18.4. The van der Waals surface area contributed by atoms with Crippen molar-refractivity contribution >= 4 is 38.9 Å². The number of carbonyl (C=O) groups is 1. The third-order valence-corrected chi connectivity index (χ3v) is 7.39. The van der Waals surface area contributed by atoms with Crippen LogP contribution in [0.25, 0.3) is 11.5 Å². The fourth-order valence-electron chi connectivity index (χ4n) is 3.36. The molecule has 0 unspecified atom stereocenters. The van der Waals surface area contributed by atoms with Gasteiger partial charge in [-0.1, -0.05) is 35.0 Å². The minimum absolute atomic E-state index is 0.0617. The lowest BCUT2D eigenvalue weighted by Gasteiger charge is -2.23. The van der Waals surface area contributed by atoms with Gasteiger partial charge in [-0.25, -0.2) is 8.42 Å². The van der Waals surface area contributed by atoms with Gasteiger partial charge in [0, 0.05) is 23.4 Å². The van der Waals surface area contributed by atoms with Gasteiger partial charge in [-0.3, -0.25) is 9.10 Å². The van der Waals surface area contributed by atoms with Crippen LogP contribution in [-0.4, -0.2) is 31.0 Å². The summed E-state index contributed by atoms with van der Waals surface area (Å²) in [5, 5.41) is 6.54. The van der Waals surface area contributed by atoms with E-state index in [1.165, 1.54) is 16.4 Å². The molecule has 0 saturated carbocycles. The van der Waals surface area contributed by atoms with Gasteiger partial charge in [0.25, 0.3) is 21.8 Å². The Hall–Kier alpha value is -3.69. The first-order chi connectivity index (χ1) is 16.3. The van der Waals surface area contributed by atoms with Crippen molar-refractivity contribution in [2.75, 3.05) is 16.2 Å². The van der Waals surface area contributed by atoms with E-state index in [0.29, 0.717) is 34.2 Å². The van der Waals surface area contributed by atoms with Crippen LogP contribution >= 0.6 is 11.6 Å². The van der Waals surface area contributed by atoms with E-state index in [2.05, 4.69) is 15.5 Å². The summed E-state index contributed by atoms with van der Waals surface area (Å²) in [6, 6.07) is 19.7. The average Bonchev–Trinajstić information content (AvgIpc) is 3.27. The molecule has 3 aromatic carbocycles. The van der Waals surface area contributed by atoms with Gasteiger partial charge in [0.1, 0.15) is 4.90 Å². The van der Waals surface area contributed by atoms with Gasteiger partial charge in [0.15, 0.2) is 5.82 Å². The van der Waals surface area contributed by atoms with Crippen molar-refractivity contribution in [3.05, 3.63) is 89.2 Å². The van der Waals surface area contributed by atoms with Crippen molar-refractivity contribution in [2.45, 2.75) is 18.7 Å². The maximum absolute atomic E-state index is 13.4. The summed E-state index contributed by atoms with van der Waals surface area (Å²) in [5.74, 6) is 0.462. The maximum atomic E-state index is 13.4. The van der Waals surface area contributed by atoms with E-state index in [0.717, 1.165) is 0 Å². The number of carbonyl (C=O) groups excluding carboxylic acids is 1. The quantitative estimate of drug-likeness (QED) is 0.378. The van der Waals surface area contributed by atoms with Crippen molar-refractivity contribution in [1.82, 2.24) is 10.1 Å². The van der Waals surface area contributed by atoms with E-state index in [-0.39, 0.29) is 16.5 Å². The number of sulfonamides is 1. The number of nitrogens with zero attached hydrogens (tertiary/aromatic N) is 3. The van der Waals surface area contributed by atoms with Crippen LogP contribution < -0.4 is 9.62 Å². The molecular weight excluding hydrogens is 476 g/mol. The molecule has 0 bridgehead atoms. The first-order valence-corrected chi connectivity index (χ1v) is 12.2. The monoisotopic (exact) mass is 496 g/mol. The first-order valence-electron chi connectivity index (χ1n) is 10.4. The highest BCUT2D eigenvalue weighted by Crippen LogP contribution is 2.31. The summed E-state index contributed by atoms with van der Waals surface area (Å²) >= 11 is 6.26. The molecule has 0 aliphatic heterocycles.